The normalized spacial score (nSPS) is 15.7. The van der Waals surface area contributed by atoms with Gasteiger partial charge in [0.25, 0.3) is 0 Å². The molecule has 1 fully saturated rings. The van der Waals surface area contributed by atoms with E-state index in [9.17, 15) is 4.79 Å². The first kappa shape index (κ1) is 21.9. The quantitative estimate of drug-likeness (QED) is 0.544. The molecule has 1 N–H and O–H groups in total. The molecule has 1 aliphatic heterocycles. The van der Waals surface area contributed by atoms with Crippen molar-refractivity contribution < 1.29 is 23.4 Å². The maximum atomic E-state index is 12.5. The summed E-state index contributed by atoms with van der Waals surface area (Å²) in [4.78, 5) is 14.9. The molecule has 0 saturated carbocycles. The zero-order chi connectivity index (χ0) is 22.3. The third kappa shape index (κ3) is 5.12. The number of ether oxygens (including phenoxy) is 3. The number of para-hydroxylation sites is 1. The standard InChI is InChI=1S/C25H28N2O5/c1-29-23-9-7-18(16-24(23)30-2)21(27-11-13-31-14-12-27)17-26-25(28)10-8-20-15-19-5-3-4-6-22(19)32-20/h3-10,15-16,21H,11-14,17H2,1-2H3,(H,26,28)/b10-8+. The molecule has 0 bridgehead atoms. The number of hydrogen-bond donors (Lipinski definition) is 1. The Bertz CT molecular complexity index is 1050. The van der Waals surface area contributed by atoms with Gasteiger partial charge in [0.1, 0.15) is 11.3 Å². The van der Waals surface area contributed by atoms with Crippen molar-refractivity contribution in [3.63, 3.8) is 0 Å². The molecule has 7 nitrogen and oxygen atoms in total. The second-order valence-corrected chi connectivity index (χ2v) is 7.54. The number of morpholine rings is 1. The Morgan fingerprint density at radius 3 is 2.62 bits per heavy atom. The first-order valence-corrected chi connectivity index (χ1v) is 10.7. The van der Waals surface area contributed by atoms with Crippen LogP contribution in [0.1, 0.15) is 17.4 Å². The Morgan fingerprint density at radius 1 is 1.09 bits per heavy atom. The highest BCUT2D eigenvalue weighted by atomic mass is 16.5. The average molecular weight is 437 g/mol. The van der Waals surface area contributed by atoms with Crippen LogP contribution in [0.25, 0.3) is 17.0 Å². The summed E-state index contributed by atoms with van der Waals surface area (Å²) in [5.41, 5.74) is 1.85. The third-order valence-electron chi connectivity index (χ3n) is 5.59. The number of methoxy groups -OCH3 is 2. The van der Waals surface area contributed by atoms with Gasteiger partial charge in [0, 0.05) is 31.1 Å². The van der Waals surface area contributed by atoms with E-state index in [-0.39, 0.29) is 11.9 Å². The van der Waals surface area contributed by atoms with E-state index < -0.39 is 0 Å². The average Bonchev–Trinajstić information content (AvgIpc) is 3.26. The number of nitrogens with zero attached hydrogens (tertiary/aromatic N) is 1. The number of rotatable bonds is 8. The summed E-state index contributed by atoms with van der Waals surface area (Å²) in [5, 5.41) is 4.03. The topological polar surface area (TPSA) is 73.2 Å². The highest BCUT2D eigenvalue weighted by molar-refractivity contribution is 5.92. The van der Waals surface area contributed by atoms with E-state index in [4.69, 9.17) is 18.6 Å². The molecular weight excluding hydrogens is 408 g/mol. The van der Waals surface area contributed by atoms with Crippen LogP contribution >= 0.6 is 0 Å². The molecule has 1 amide bonds. The van der Waals surface area contributed by atoms with Crippen molar-refractivity contribution in [2.45, 2.75) is 6.04 Å². The second-order valence-electron chi connectivity index (χ2n) is 7.54. The molecule has 2 aromatic carbocycles. The van der Waals surface area contributed by atoms with Crippen molar-refractivity contribution in [1.82, 2.24) is 10.2 Å². The lowest BCUT2D eigenvalue weighted by Gasteiger charge is -2.35. The summed E-state index contributed by atoms with van der Waals surface area (Å²) in [7, 11) is 3.24. The molecule has 0 spiro atoms. The predicted molar refractivity (Wildman–Crippen MR) is 123 cm³/mol. The molecular formula is C25H28N2O5. The fourth-order valence-electron chi connectivity index (χ4n) is 3.91. The highest BCUT2D eigenvalue weighted by Gasteiger charge is 2.24. The molecule has 168 valence electrons. The first-order valence-electron chi connectivity index (χ1n) is 10.7. The summed E-state index contributed by atoms with van der Waals surface area (Å²) in [6.07, 6.45) is 3.19. The van der Waals surface area contributed by atoms with E-state index in [1.165, 1.54) is 6.08 Å². The van der Waals surface area contributed by atoms with Crippen LogP contribution in [-0.4, -0.2) is 57.9 Å². The van der Waals surface area contributed by atoms with E-state index in [1.54, 1.807) is 20.3 Å². The molecule has 1 atom stereocenters. The molecule has 1 aromatic heterocycles. The number of nitrogens with one attached hydrogen (secondary N) is 1. The fourth-order valence-corrected chi connectivity index (χ4v) is 3.91. The van der Waals surface area contributed by atoms with Crippen LogP contribution in [0.2, 0.25) is 0 Å². The third-order valence-corrected chi connectivity index (χ3v) is 5.59. The minimum absolute atomic E-state index is 0.0118. The number of carbonyl (C=O) groups is 1. The SMILES string of the molecule is COc1ccc(C(CNC(=O)/C=C/c2cc3ccccc3o2)N2CCOCC2)cc1OC. The minimum Gasteiger partial charge on any atom is -0.493 e. The van der Waals surface area contributed by atoms with Crippen molar-refractivity contribution in [3.05, 3.63) is 65.9 Å². The summed E-state index contributed by atoms with van der Waals surface area (Å²) >= 11 is 0. The fraction of sp³-hybridized carbons (Fsp3) is 0.320. The van der Waals surface area contributed by atoms with Crippen molar-refractivity contribution in [2.75, 3.05) is 47.1 Å². The van der Waals surface area contributed by atoms with Gasteiger partial charge < -0.3 is 23.9 Å². The van der Waals surface area contributed by atoms with Gasteiger partial charge in [-0.25, -0.2) is 0 Å². The van der Waals surface area contributed by atoms with Gasteiger partial charge >= 0.3 is 0 Å². The second kappa shape index (κ2) is 10.3. The maximum absolute atomic E-state index is 12.5. The molecule has 2 heterocycles. The Balaban J connectivity index is 1.46. The number of furan rings is 1. The molecule has 3 aromatic rings. The molecule has 1 aliphatic rings. The van der Waals surface area contributed by atoms with Gasteiger partial charge in [0.2, 0.25) is 5.91 Å². The number of amides is 1. The van der Waals surface area contributed by atoms with Gasteiger partial charge in [-0.3, -0.25) is 9.69 Å². The van der Waals surface area contributed by atoms with E-state index in [2.05, 4.69) is 10.2 Å². The van der Waals surface area contributed by atoms with Crippen LogP contribution < -0.4 is 14.8 Å². The smallest absolute Gasteiger partial charge is 0.244 e. The highest BCUT2D eigenvalue weighted by Crippen LogP contribution is 2.32. The molecule has 4 rings (SSSR count). The van der Waals surface area contributed by atoms with Crippen LogP contribution in [0.15, 0.2) is 59.0 Å². The van der Waals surface area contributed by atoms with Gasteiger partial charge in [-0.2, -0.15) is 0 Å². The lowest BCUT2D eigenvalue weighted by atomic mass is 10.0. The van der Waals surface area contributed by atoms with Crippen LogP contribution in [0.3, 0.4) is 0 Å². The van der Waals surface area contributed by atoms with Gasteiger partial charge in [-0.1, -0.05) is 24.3 Å². The monoisotopic (exact) mass is 436 g/mol. The number of carbonyl (C=O) groups excluding carboxylic acids is 1. The van der Waals surface area contributed by atoms with Gasteiger partial charge in [0.05, 0.1) is 33.5 Å². The molecule has 1 unspecified atom stereocenters. The van der Waals surface area contributed by atoms with Crippen molar-refractivity contribution in [2.24, 2.45) is 0 Å². The Kier molecular flexibility index (Phi) is 7.09. The van der Waals surface area contributed by atoms with Gasteiger partial charge in [0.15, 0.2) is 11.5 Å². The number of fused-ring (bicyclic) bond motifs is 1. The zero-order valence-corrected chi connectivity index (χ0v) is 18.4. The van der Waals surface area contributed by atoms with Crippen LogP contribution in [-0.2, 0) is 9.53 Å². The Morgan fingerprint density at radius 2 is 1.88 bits per heavy atom. The number of hydrogen-bond acceptors (Lipinski definition) is 6. The summed E-state index contributed by atoms with van der Waals surface area (Å²) < 4.78 is 22.1. The van der Waals surface area contributed by atoms with Gasteiger partial charge in [-0.15, -0.1) is 0 Å². The summed E-state index contributed by atoms with van der Waals surface area (Å²) in [6.45, 7) is 3.39. The van der Waals surface area contributed by atoms with E-state index in [1.807, 2.05) is 48.5 Å². The molecule has 0 radical (unpaired) electrons. The van der Waals surface area contributed by atoms with Crippen molar-refractivity contribution in [3.8, 4) is 11.5 Å². The lowest BCUT2D eigenvalue weighted by Crippen LogP contribution is -2.43. The Labute approximate surface area is 187 Å². The van der Waals surface area contributed by atoms with Crippen molar-refractivity contribution in [1.29, 1.82) is 0 Å². The molecule has 7 heteroatoms. The summed E-state index contributed by atoms with van der Waals surface area (Å²) in [6, 6.07) is 15.5. The van der Waals surface area contributed by atoms with E-state index >= 15 is 0 Å². The largest absolute Gasteiger partial charge is 0.493 e. The van der Waals surface area contributed by atoms with Crippen molar-refractivity contribution >= 4 is 23.0 Å². The van der Waals surface area contributed by atoms with Crippen LogP contribution in [0.5, 0.6) is 11.5 Å². The predicted octanol–water partition coefficient (Wildman–Crippen LogP) is 3.65. The summed E-state index contributed by atoms with van der Waals surface area (Å²) in [5.74, 6) is 1.81. The maximum Gasteiger partial charge on any atom is 0.244 e. The Hall–Kier alpha value is -3.29. The number of benzene rings is 2. The first-order chi connectivity index (χ1) is 15.7. The molecule has 32 heavy (non-hydrogen) atoms. The molecule has 1 saturated heterocycles. The van der Waals surface area contributed by atoms with Crippen LogP contribution in [0.4, 0.5) is 0 Å². The van der Waals surface area contributed by atoms with Gasteiger partial charge in [-0.05, 0) is 35.9 Å². The lowest BCUT2D eigenvalue weighted by molar-refractivity contribution is -0.116. The van der Waals surface area contributed by atoms with E-state index in [0.29, 0.717) is 37.0 Å². The minimum atomic E-state index is -0.177. The van der Waals surface area contributed by atoms with E-state index in [0.717, 1.165) is 29.6 Å². The van der Waals surface area contributed by atoms with Crippen LogP contribution in [0, 0.1) is 0 Å². The molecule has 0 aliphatic carbocycles. The zero-order valence-electron chi connectivity index (χ0n) is 18.4.